The average Bonchev–Trinajstić information content (AvgIpc) is 4.31. The van der Waals surface area contributed by atoms with Crippen LogP contribution in [0.25, 0.3) is 0 Å². The fraction of sp³-hybridized carbons (Fsp3) is 0.408. The maximum Gasteiger partial charge on any atom is 0.326 e. The van der Waals surface area contributed by atoms with Crippen molar-refractivity contribution >= 4 is 65.0 Å². The van der Waals surface area contributed by atoms with Gasteiger partial charge in [-0.3, -0.25) is 47.9 Å². The summed E-state index contributed by atoms with van der Waals surface area (Å²) in [5.41, 5.74) is 12.9. The molecule has 6 aromatic heterocycles. The van der Waals surface area contributed by atoms with E-state index in [1.54, 1.807) is 0 Å². The number of nitrogens with two attached hydrogens (primary N) is 2. The third-order valence-electron chi connectivity index (χ3n) is 12.6. The largest absolute Gasteiger partial charge is 0.480 e. The number of aliphatic hydroxyl groups excluding tert-OH is 1. The fourth-order valence-corrected chi connectivity index (χ4v) is 8.17. The predicted octanol–water partition coefficient (Wildman–Crippen LogP) is -7.53. The van der Waals surface area contributed by atoms with Crippen LogP contribution in [0.15, 0.2) is 75.1 Å². The summed E-state index contributed by atoms with van der Waals surface area (Å²) in [6, 6.07) is -12.0. The number of carboxylic acids is 1. The lowest BCUT2D eigenvalue weighted by Crippen LogP contribution is -2.62. The first-order valence-electron chi connectivity index (χ1n) is 26.1. The Labute approximate surface area is 481 Å². The summed E-state index contributed by atoms with van der Waals surface area (Å²) in [7, 11) is 0. The zero-order valence-electron chi connectivity index (χ0n) is 45.4. The number of aliphatic hydroxyl groups is 1. The van der Waals surface area contributed by atoms with E-state index in [9.17, 15) is 63.0 Å². The van der Waals surface area contributed by atoms with Gasteiger partial charge in [-0.2, -0.15) is 0 Å². The second-order valence-corrected chi connectivity index (χ2v) is 19.3. The molecule has 0 aliphatic heterocycles. The summed E-state index contributed by atoms with van der Waals surface area (Å²) >= 11 is 0. The van der Waals surface area contributed by atoms with Gasteiger partial charge in [0.1, 0.15) is 42.3 Å². The van der Waals surface area contributed by atoms with Crippen LogP contribution in [0.2, 0.25) is 0 Å². The second kappa shape index (κ2) is 31.5. The van der Waals surface area contributed by atoms with E-state index in [4.69, 9.17) is 11.5 Å². The normalized spacial score (nSPS) is 14.2. The molecule has 0 bridgehead atoms. The molecule has 0 saturated carbocycles. The highest BCUT2D eigenvalue weighted by Gasteiger charge is 2.36. The van der Waals surface area contributed by atoms with Crippen molar-refractivity contribution in [2.75, 3.05) is 13.1 Å². The van der Waals surface area contributed by atoms with Gasteiger partial charge in [0.05, 0.1) is 63.2 Å². The first-order chi connectivity index (χ1) is 40.7. The number of rotatable bonds is 35. The molecule has 10 amide bonds. The van der Waals surface area contributed by atoms with Gasteiger partial charge in [-0.05, 0) is 13.3 Å². The fourth-order valence-electron chi connectivity index (χ4n) is 8.17. The van der Waals surface area contributed by atoms with Crippen molar-refractivity contribution in [3.63, 3.8) is 0 Å². The number of carbonyl (C=O) groups excluding carboxylic acids is 10. The minimum atomic E-state index is -1.74. The number of imidazole rings is 6. The second-order valence-electron chi connectivity index (χ2n) is 19.3. The topological polar surface area (TPSA) is 561 Å². The van der Waals surface area contributed by atoms with Crippen LogP contribution in [0, 0.1) is 0 Å². The number of aromatic nitrogens is 12. The van der Waals surface area contributed by atoms with E-state index in [0.717, 1.165) is 0 Å². The number of carboxylic acid groups (broad SMARTS) is 1. The number of nitrogens with one attached hydrogen (secondary N) is 15. The van der Waals surface area contributed by atoms with E-state index in [-0.39, 0.29) is 51.4 Å². The summed E-state index contributed by atoms with van der Waals surface area (Å²) in [5.74, 6) is -10.5. The summed E-state index contributed by atoms with van der Waals surface area (Å²) in [4.78, 5) is 188. The monoisotopic (exact) mass is 1180 g/mol. The summed E-state index contributed by atoms with van der Waals surface area (Å²) in [6.07, 6.45) is 12.8. The maximum atomic E-state index is 14.7. The Kier molecular flexibility index (Phi) is 23.6. The molecule has 21 N–H and O–H groups in total. The van der Waals surface area contributed by atoms with Gasteiger partial charge in [-0.25, -0.2) is 34.7 Å². The number of aliphatic carboxylic acids is 1. The van der Waals surface area contributed by atoms with Crippen LogP contribution < -0.4 is 59.3 Å². The minimum absolute atomic E-state index is 0.0764. The molecule has 0 aromatic carbocycles. The van der Waals surface area contributed by atoms with Crippen LogP contribution in [-0.4, -0.2) is 203 Å². The molecule has 6 aromatic rings. The molecule has 36 heteroatoms. The maximum absolute atomic E-state index is 14.7. The highest BCUT2D eigenvalue weighted by atomic mass is 16.4. The lowest BCUT2D eigenvalue weighted by atomic mass is 10.0. The van der Waals surface area contributed by atoms with Crippen LogP contribution in [0.3, 0.4) is 0 Å². The van der Waals surface area contributed by atoms with Crippen molar-refractivity contribution in [3.8, 4) is 0 Å². The lowest BCUT2D eigenvalue weighted by Gasteiger charge is -2.28. The quantitative estimate of drug-likeness (QED) is 0.0176. The first kappa shape index (κ1) is 63.5. The molecule has 9 atom stereocenters. The van der Waals surface area contributed by atoms with E-state index in [1.807, 2.05) is 0 Å². The van der Waals surface area contributed by atoms with Gasteiger partial charge in [0.25, 0.3) is 0 Å². The van der Waals surface area contributed by atoms with E-state index in [0.29, 0.717) is 34.2 Å². The first-order valence-corrected chi connectivity index (χ1v) is 26.1. The van der Waals surface area contributed by atoms with Crippen molar-refractivity contribution in [2.45, 2.75) is 113 Å². The van der Waals surface area contributed by atoms with E-state index in [1.165, 1.54) is 82.1 Å². The lowest BCUT2D eigenvalue weighted by molar-refractivity contribution is -0.142. The molecule has 0 fully saturated rings. The van der Waals surface area contributed by atoms with Crippen molar-refractivity contribution in [3.05, 3.63) is 109 Å². The van der Waals surface area contributed by atoms with Gasteiger partial charge in [-0.15, -0.1) is 0 Å². The summed E-state index contributed by atoms with van der Waals surface area (Å²) in [5, 5.41) is 42.9. The number of hydrogen-bond acceptors (Lipinski definition) is 19. The van der Waals surface area contributed by atoms with Gasteiger partial charge in [0, 0.05) is 116 Å². The molecule has 454 valence electrons. The predicted molar refractivity (Wildman–Crippen MR) is 289 cm³/mol. The van der Waals surface area contributed by atoms with Crippen LogP contribution in [0.1, 0.15) is 53.9 Å². The standard InChI is InChI=1S/C49H65N23O13/c1-24(73)41(72-40(76)17-58-39(75)16-59-42(77)31(50)2-3-38(51)74)48(83)70-36(8-29-14-56-22-64-29)46(81)68-34(6-27-12-54-20-62-27)44(79)66-32(4-25-10-52-18-60-25)43(78)67-33(5-26-11-53-19-61-26)45(80)69-35(7-28-13-55-21-63-28)47(82)71-37(49(84)85)9-30-15-57-23-65-30/h10-15,18-24,31-37,41,73H,2-9,16-17,50H2,1H3,(H2,51,74)(H,52,60)(H,53,61)(H,54,62)(H,55,63)(H,56,64)(H,57,65)(H,58,75)(H,59,77)(H,66,79)(H,67,78)(H,68,81)(H,69,80)(H,70,83)(H,71,82)(H,72,76)(H,84,85)/t24-,31+,32+,33+,34+,35+,36+,37+,41+/m1/s1. The molecule has 0 saturated heterocycles. The summed E-state index contributed by atoms with van der Waals surface area (Å²) in [6.45, 7) is -0.189. The number of aromatic amines is 6. The Morgan fingerprint density at radius 3 is 1.01 bits per heavy atom. The third kappa shape index (κ3) is 20.7. The number of nitrogens with zero attached hydrogens (tertiary/aromatic N) is 6. The van der Waals surface area contributed by atoms with E-state index < -0.39 is 133 Å². The molecule has 36 nitrogen and oxygen atoms in total. The number of amides is 10. The van der Waals surface area contributed by atoms with Crippen LogP contribution in [0.5, 0.6) is 0 Å². The van der Waals surface area contributed by atoms with Crippen LogP contribution in [0.4, 0.5) is 0 Å². The van der Waals surface area contributed by atoms with Crippen molar-refractivity contribution in [1.82, 2.24) is 108 Å². The van der Waals surface area contributed by atoms with E-state index >= 15 is 0 Å². The molecule has 0 aliphatic rings. The Morgan fingerprint density at radius 2 is 0.729 bits per heavy atom. The number of carbonyl (C=O) groups is 11. The SMILES string of the molecule is C[C@@H](O)[C@H](NC(=O)CNC(=O)CNC(=O)[C@@H](N)CCC(N)=O)C(=O)N[C@@H](Cc1cnc[nH]1)C(=O)N[C@@H](Cc1cnc[nH]1)C(=O)N[C@@H](Cc1cnc[nH]1)C(=O)N[C@@H](Cc1cnc[nH]1)C(=O)N[C@@H](Cc1cnc[nH]1)C(=O)N[C@@H](Cc1cnc[nH]1)C(=O)O. The van der Waals surface area contributed by atoms with Crippen LogP contribution >= 0.6 is 0 Å². The molecule has 6 heterocycles. The number of H-pyrrole nitrogens is 6. The van der Waals surface area contributed by atoms with Crippen molar-refractivity contribution in [2.24, 2.45) is 11.5 Å². The van der Waals surface area contributed by atoms with Gasteiger partial charge in [-0.1, -0.05) is 0 Å². The minimum Gasteiger partial charge on any atom is -0.480 e. The Morgan fingerprint density at radius 1 is 0.435 bits per heavy atom. The summed E-state index contributed by atoms with van der Waals surface area (Å²) < 4.78 is 0. The third-order valence-corrected chi connectivity index (χ3v) is 12.6. The Bertz CT molecular complexity index is 3130. The average molecular weight is 1180 g/mol. The molecule has 0 radical (unpaired) electrons. The smallest absolute Gasteiger partial charge is 0.326 e. The van der Waals surface area contributed by atoms with Crippen molar-refractivity contribution < 1.29 is 63.0 Å². The van der Waals surface area contributed by atoms with E-state index in [2.05, 4.69) is 108 Å². The zero-order valence-corrected chi connectivity index (χ0v) is 45.4. The van der Waals surface area contributed by atoms with Gasteiger partial charge in [0.15, 0.2) is 0 Å². The van der Waals surface area contributed by atoms with Crippen LogP contribution in [-0.2, 0) is 91.3 Å². The Balaban J connectivity index is 1.18. The molecule has 85 heavy (non-hydrogen) atoms. The Hall–Kier alpha value is -10.7. The van der Waals surface area contributed by atoms with Gasteiger partial charge < -0.3 is 99.4 Å². The highest BCUT2D eigenvalue weighted by molar-refractivity contribution is 5.98. The molecular formula is C49H65N23O13. The van der Waals surface area contributed by atoms with Gasteiger partial charge in [0.2, 0.25) is 59.1 Å². The highest BCUT2D eigenvalue weighted by Crippen LogP contribution is 2.10. The molecule has 0 spiro atoms. The van der Waals surface area contributed by atoms with Crippen molar-refractivity contribution in [1.29, 1.82) is 0 Å². The number of primary amides is 1. The molecule has 0 aliphatic carbocycles. The number of hydrogen-bond donors (Lipinski definition) is 19. The molecule has 6 rings (SSSR count). The van der Waals surface area contributed by atoms with Gasteiger partial charge >= 0.3 is 5.97 Å². The molecule has 0 unspecified atom stereocenters. The zero-order chi connectivity index (χ0) is 61.4. The molecular weight excluding hydrogens is 1120 g/mol.